The average Bonchev–Trinajstić information content (AvgIpc) is 2.90. The predicted octanol–water partition coefficient (Wildman–Crippen LogP) is 0.245. The van der Waals surface area contributed by atoms with E-state index in [1.807, 2.05) is 4.90 Å². The van der Waals surface area contributed by atoms with E-state index in [0.717, 1.165) is 25.8 Å². The molecule has 2 unspecified atom stereocenters. The zero-order chi connectivity index (χ0) is 15.7. The smallest absolute Gasteiger partial charge is 0.227 e. The van der Waals surface area contributed by atoms with Crippen molar-refractivity contribution in [2.75, 3.05) is 38.5 Å². The summed E-state index contributed by atoms with van der Waals surface area (Å²) in [7, 11) is -3.20. The minimum absolute atomic E-state index is 0.0134. The molecule has 2 saturated heterocycles. The first-order chi connectivity index (χ1) is 9.81. The van der Waals surface area contributed by atoms with Gasteiger partial charge in [-0.25, -0.2) is 12.7 Å². The Morgan fingerprint density at radius 3 is 2.67 bits per heavy atom. The summed E-state index contributed by atoms with van der Waals surface area (Å²) in [5.41, 5.74) is 5.79. The molecule has 0 spiro atoms. The average molecular weight is 317 g/mol. The molecule has 0 saturated carbocycles. The van der Waals surface area contributed by atoms with Crippen molar-refractivity contribution in [2.24, 2.45) is 17.1 Å². The molecule has 0 aromatic rings. The van der Waals surface area contributed by atoms with Crippen LogP contribution in [0.15, 0.2) is 0 Å². The summed E-state index contributed by atoms with van der Waals surface area (Å²) in [6, 6.07) is 0. The fraction of sp³-hybridized carbons (Fsp3) is 0.929. The molecule has 2 fully saturated rings. The number of sulfonamides is 1. The number of hydrogen-bond donors (Lipinski definition) is 1. The van der Waals surface area contributed by atoms with Gasteiger partial charge in [0.2, 0.25) is 15.9 Å². The normalized spacial score (nSPS) is 31.6. The lowest BCUT2D eigenvalue weighted by molar-refractivity contribution is -0.136. The third kappa shape index (κ3) is 3.57. The highest BCUT2D eigenvalue weighted by atomic mass is 32.2. The molecule has 0 bridgehead atoms. The van der Waals surface area contributed by atoms with Crippen LogP contribution in [0, 0.1) is 11.3 Å². The lowest BCUT2D eigenvalue weighted by Crippen LogP contribution is -2.47. The molecule has 6 nitrogen and oxygen atoms in total. The number of likely N-dealkylation sites (tertiary alicyclic amines) is 1. The molecule has 0 aromatic carbocycles. The Balaban J connectivity index is 2.00. The first-order valence-electron chi connectivity index (χ1n) is 7.78. The summed E-state index contributed by atoms with van der Waals surface area (Å²) < 4.78 is 25.4. The van der Waals surface area contributed by atoms with Gasteiger partial charge in [-0.05, 0) is 38.1 Å². The summed E-state index contributed by atoms with van der Waals surface area (Å²) >= 11 is 0. The SMILES string of the molecule is CCS(=O)(=O)N1CCCC(C(=O)N2CCC(C)(CN)C2)C1. The number of carbonyl (C=O) groups excluding carboxylic acids is 1. The first-order valence-corrected chi connectivity index (χ1v) is 9.39. The molecule has 1 amide bonds. The molecule has 2 atom stereocenters. The molecule has 122 valence electrons. The Labute approximate surface area is 127 Å². The largest absolute Gasteiger partial charge is 0.342 e. The van der Waals surface area contributed by atoms with Crippen LogP contribution in [0.3, 0.4) is 0 Å². The quantitative estimate of drug-likeness (QED) is 0.805. The molecular weight excluding hydrogens is 290 g/mol. The molecular formula is C14H27N3O3S. The molecule has 2 heterocycles. The zero-order valence-electron chi connectivity index (χ0n) is 13.0. The number of rotatable bonds is 4. The third-order valence-corrected chi connectivity index (χ3v) is 6.70. The lowest BCUT2D eigenvalue weighted by Gasteiger charge is -2.33. The highest BCUT2D eigenvalue weighted by molar-refractivity contribution is 7.89. The Morgan fingerprint density at radius 1 is 1.38 bits per heavy atom. The molecule has 21 heavy (non-hydrogen) atoms. The Bertz CT molecular complexity index is 494. The highest BCUT2D eigenvalue weighted by Crippen LogP contribution is 2.31. The van der Waals surface area contributed by atoms with Crippen LogP contribution in [0.2, 0.25) is 0 Å². The van der Waals surface area contributed by atoms with Crippen molar-refractivity contribution in [3.8, 4) is 0 Å². The highest BCUT2D eigenvalue weighted by Gasteiger charge is 2.39. The minimum atomic E-state index is -3.20. The Hall–Kier alpha value is -0.660. The second kappa shape index (κ2) is 6.22. The zero-order valence-corrected chi connectivity index (χ0v) is 13.9. The van der Waals surface area contributed by atoms with Gasteiger partial charge < -0.3 is 10.6 Å². The lowest BCUT2D eigenvalue weighted by atomic mass is 9.90. The summed E-state index contributed by atoms with van der Waals surface area (Å²) in [5.74, 6) is 0.00597. The number of hydrogen-bond acceptors (Lipinski definition) is 4. The number of piperidine rings is 1. The van der Waals surface area contributed by atoms with Crippen LogP contribution >= 0.6 is 0 Å². The van der Waals surface area contributed by atoms with Crippen LogP contribution in [0.25, 0.3) is 0 Å². The molecule has 0 aromatic heterocycles. The monoisotopic (exact) mass is 317 g/mol. The summed E-state index contributed by atoms with van der Waals surface area (Å²) in [4.78, 5) is 14.5. The van der Waals surface area contributed by atoms with Gasteiger partial charge in [0.25, 0.3) is 0 Å². The second-order valence-corrected chi connectivity index (χ2v) is 8.88. The van der Waals surface area contributed by atoms with Gasteiger partial charge in [-0.2, -0.15) is 0 Å². The van der Waals surface area contributed by atoms with Gasteiger partial charge in [-0.1, -0.05) is 6.92 Å². The van der Waals surface area contributed by atoms with E-state index >= 15 is 0 Å². The molecule has 0 aliphatic carbocycles. The van der Waals surface area contributed by atoms with Gasteiger partial charge in [0.05, 0.1) is 11.7 Å². The third-order valence-electron chi connectivity index (χ3n) is 4.85. The maximum Gasteiger partial charge on any atom is 0.227 e. The van der Waals surface area contributed by atoms with Crippen molar-refractivity contribution in [3.05, 3.63) is 0 Å². The number of nitrogens with zero attached hydrogens (tertiary/aromatic N) is 2. The number of nitrogens with two attached hydrogens (primary N) is 1. The molecule has 2 aliphatic heterocycles. The van der Waals surface area contributed by atoms with E-state index in [1.54, 1.807) is 6.92 Å². The van der Waals surface area contributed by atoms with Crippen molar-refractivity contribution < 1.29 is 13.2 Å². The van der Waals surface area contributed by atoms with E-state index in [4.69, 9.17) is 5.73 Å². The fourth-order valence-electron chi connectivity index (χ4n) is 3.22. The van der Waals surface area contributed by atoms with Crippen molar-refractivity contribution in [2.45, 2.75) is 33.1 Å². The minimum Gasteiger partial charge on any atom is -0.342 e. The van der Waals surface area contributed by atoms with Crippen molar-refractivity contribution in [1.82, 2.24) is 9.21 Å². The van der Waals surface area contributed by atoms with Gasteiger partial charge in [0.1, 0.15) is 0 Å². The standard InChI is InChI=1S/C14H27N3O3S/c1-3-21(19,20)17-7-4-5-12(9-17)13(18)16-8-6-14(2,10-15)11-16/h12H,3-11,15H2,1-2H3. The number of amides is 1. The fourth-order valence-corrected chi connectivity index (χ4v) is 4.40. The van der Waals surface area contributed by atoms with E-state index in [1.165, 1.54) is 4.31 Å². The van der Waals surface area contributed by atoms with E-state index in [-0.39, 0.29) is 23.0 Å². The second-order valence-electron chi connectivity index (χ2n) is 6.62. The van der Waals surface area contributed by atoms with Crippen molar-refractivity contribution >= 4 is 15.9 Å². The van der Waals surface area contributed by atoms with Crippen LogP contribution < -0.4 is 5.73 Å². The van der Waals surface area contributed by atoms with Gasteiger partial charge in [0, 0.05) is 26.2 Å². The van der Waals surface area contributed by atoms with Crippen LogP contribution in [0.4, 0.5) is 0 Å². The summed E-state index contributed by atoms with van der Waals surface area (Å²) in [6.07, 6.45) is 2.47. The van der Waals surface area contributed by atoms with Gasteiger partial charge in [-0.3, -0.25) is 4.79 Å². The van der Waals surface area contributed by atoms with E-state index < -0.39 is 10.0 Å². The van der Waals surface area contributed by atoms with Crippen LogP contribution in [0.1, 0.15) is 33.1 Å². The van der Waals surface area contributed by atoms with Crippen LogP contribution in [-0.4, -0.2) is 62.0 Å². The van der Waals surface area contributed by atoms with Gasteiger partial charge >= 0.3 is 0 Å². The van der Waals surface area contributed by atoms with Crippen molar-refractivity contribution in [1.29, 1.82) is 0 Å². The van der Waals surface area contributed by atoms with Crippen molar-refractivity contribution in [3.63, 3.8) is 0 Å². The molecule has 2 N–H and O–H groups in total. The van der Waals surface area contributed by atoms with Crippen LogP contribution in [-0.2, 0) is 14.8 Å². The first kappa shape index (κ1) is 16.7. The Morgan fingerprint density at radius 2 is 2.10 bits per heavy atom. The van der Waals surface area contributed by atoms with Gasteiger partial charge in [-0.15, -0.1) is 0 Å². The van der Waals surface area contributed by atoms with Crippen LogP contribution in [0.5, 0.6) is 0 Å². The maximum absolute atomic E-state index is 12.6. The molecule has 7 heteroatoms. The van der Waals surface area contributed by atoms with E-state index in [9.17, 15) is 13.2 Å². The van der Waals surface area contributed by atoms with E-state index in [0.29, 0.717) is 26.2 Å². The number of carbonyl (C=O) groups is 1. The predicted molar refractivity (Wildman–Crippen MR) is 82.1 cm³/mol. The van der Waals surface area contributed by atoms with E-state index in [2.05, 4.69) is 6.92 Å². The molecule has 0 radical (unpaired) electrons. The Kier molecular flexibility index (Phi) is 4.95. The molecule has 2 rings (SSSR count). The summed E-state index contributed by atoms with van der Waals surface area (Å²) in [5, 5.41) is 0. The topological polar surface area (TPSA) is 83.7 Å². The summed E-state index contributed by atoms with van der Waals surface area (Å²) in [6.45, 7) is 6.65. The maximum atomic E-state index is 12.6. The molecule has 2 aliphatic rings. The van der Waals surface area contributed by atoms with Gasteiger partial charge in [0.15, 0.2) is 0 Å².